The number of hydrogen-bond acceptors (Lipinski definition) is 2. The molecule has 18 heavy (non-hydrogen) atoms. The van der Waals surface area contributed by atoms with Gasteiger partial charge in [-0.25, -0.2) is 0 Å². The molecule has 1 aromatic rings. The van der Waals surface area contributed by atoms with Gasteiger partial charge in [-0.2, -0.15) is 13.2 Å². The van der Waals surface area contributed by atoms with Crippen LogP contribution in [0.3, 0.4) is 0 Å². The zero-order chi connectivity index (χ0) is 13.9. The Bertz CT molecular complexity index is 438. The zero-order valence-corrected chi connectivity index (χ0v) is 12.6. The van der Waals surface area contributed by atoms with Crippen LogP contribution in [0.5, 0.6) is 0 Å². The highest BCUT2D eigenvalue weighted by Gasteiger charge is 2.33. The average Bonchev–Trinajstić information content (AvgIpc) is 2.54. The Morgan fingerprint density at radius 1 is 1.44 bits per heavy atom. The monoisotopic (exact) mass is 383 g/mol. The molecule has 2 nitrogen and oxygen atoms in total. The second kappa shape index (κ2) is 6.45. The molecule has 0 spiro atoms. The number of carbonyl (C=O) groups is 1. The van der Waals surface area contributed by atoms with E-state index < -0.39 is 18.6 Å². The fourth-order valence-electron chi connectivity index (χ4n) is 1.23. The number of alkyl halides is 4. The summed E-state index contributed by atoms with van der Waals surface area (Å²) in [7, 11) is 0. The van der Waals surface area contributed by atoms with Crippen molar-refractivity contribution in [3.63, 3.8) is 0 Å². The molecule has 1 rings (SSSR count). The first-order valence-corrected chi connectivity index (χ1v) is 7.31. The van der Waals surface area contributed by atoms with Crippen LogP contribution >= 0.6 is 50.5 Å². The van der Waals surface area contributed by atoms with Gasteiger partial charge in [0.1, 0.15) is 10.9 Å². The minimum Gasteiger partial charge on any atom is -0.329 e. The van der Waals surface area contributed by atoms with Gasteiger partial charge < -0.3 is 4.90 Å². The largest absolute Gasteiger partial charge is 0.406 e. The van der Waals surface area contributed by atoms with Crippen molar-refractivity contribution in [2.75, 3.05) is 18.4 Å². The fourth-order valence-corrected chi connectivity index (χ4v) is 3.10. The highest BCUT2D eigenvalue weighted by Crippen LogP contribution is 2.32. The van der Waals surface area contributed by atoms with Gasteiger partial charge in [0.2, 0.25) is 0 Å². The van der Waals surface area contributed by atoms with Crippen LogP contribution < -0.4 is 0 Å². The van der Waals surface area contributed by atoms with Crippen molar-refractivity contribution in [2.45, 2.75) is 6.18 Å². The van der Waals surface area contributed by atoms with Gasteiger partial charge in [-0.15, -0.1) is 11.3 Å². The minimum atomic E-state index is -4.45. The predicted molar refractivity (Wildman–Crippen MR) is 70.1 cm³/mol. The van der Waals surface area contributed by atoms with E-state index in [1.807, 2.05) is 0 Å². The number of carbonyl (C=O) groups excluding carboxylic acids is 1. The standard InChI is InChI=1S/C9H7BrCl2F3NOS/c10-1-2-16(4-9(13,14)15)8(17)5-3-6(11)18-7(5)12/h3H,1-2,4H2. The number of amides is 1. The molecule has 0 aromatic carbocycles. The molecule has 0 aliphatic carbocycles. The van der Waals surface area contributed by atoms with Crippen molar-refractivity contribution < 1.29 is 18.0 Å². The quantitative estimate of drug-likeness (QED) is 0.702. The second-order valence-corrected chi connectivity index (χ2v) is 6.35. The van der Waals surface area contributed by atoms with Crippen molar-refractivity contribution in [3.05, 3.63) is 20.3 Å². The van der Waals surface area contributed by atoms with Crippen molar-refractivity contribution in [2.24, 2.45) is 0 Å². The summed E-state index contributed by atoms with van der Waals surface area (Å²) in [6.45, 7) is -1.39. The van der Waals surface area contributed by atoms with Crippen LogP contribution in [-0.2, 0) is 0 Å². The molecule has 1 heterocycles. The maximum absolute atomic E-state index is 12.3. The molecule has 0 unspecified atom stereocenters. The van der Waals surface area contributed by atoms with Crippen LogP contribution in [0.2, 0.25) is 8.67 Å². The van der Waals surface area contributed by atoms with Gasteiger partial charge in [0.05, 0.1) is 9.90 Å². The van der Waals surface area contributed by atoms with Gasteiger partial charge in [0.15, 0.2) is 0 Å². The smallest absolute Gasteiger partial charge is 0.329 e. The van der Waals surface area contributed by atoms with Gasteiger partial charge in [-0.05, 0) is 6.07 Å². The summed E-state index contributed by atoms with van der Waals surface area (Å²) in [6.07, 6.45) is -4.45. The van der Waals surface area contributed by atoms with Crippen molar-refractivity contribution in [1.82, 2.24) is 4.90 Å². The Morgan fingerprint density at radius 2 is 2.06 bits per heavy atom. The SMILES string of the molecule is O=C(c1cc(Cl)sc1Cl)N(CCBr)CC(F)(F)F. The summed E-state index contributed by atoms with van der Waals surface area (Å²) >= 11 is 15.4. The fraction of sp³-hybridized carbons (Fsp3) is 0.444. The van der Waals surface area contributed by atoms with Crippen LogP contribution in [0.25, 0.3) is 0 Å². The lowest BCUT2D eigenvalue weighted by atomic mass is 10.3. The summed E-state index contributed by atoms with van der Waals surface area (Å²) < 4.78 is 37.4. The predicted octanol–water partition coefficient (Wildman–Crippen LogP) is 4.45. The molecule has 1 amide bonds. The third kappa shape index (κ3) is 4.60. The van der Waals surface area contributed by atoms with E-state index in [0.29, 0.717) is 4.90 Å². The molecule has 0 saturated carbocycles. The molecule has 0 aliphatic rings. The first-order chi connectivity index (χ1) is 8.24. The Kier molecular flexibility index (Phi) is 5.76. The lowest BCUT2D eigenvalue weighted by Gasteiger charge is -2.22. The van der Waals surface area contributed by atoms with Crippen molar-refractivity contribution in [3.8, 4) is 0 Å². The maximum Gasteiger partial charge on any atom is 0.406 e. The van der Waals surface area contributed by atoms with Crippen LogP contribution in [0.1, 0.15) is 10.4 Å². The zero-order valence-electron chi connectivity index (χ0n) is 8.73. The number of nitrogens with zero attached hydrogens (tertiary/aromatic N) is 1. The van der Waals surface area contributed by atoms with Crippen LogP contribution in [0.15, 0.2) is 6.07 Å². The average molecular weight is 385 g/mol. The topological polar surface area (TPSA) is 20.3 Å². The van der Waals surface area contributed by atoms with E-state index in [1.54, 1.807) is 0 Å². The third-order valence-electron chi connectivity index (χ3n) is 1.90. The Hall–Kier alpha value is 0.0200. The van der Waals surface area contributed by atoms with E-state index in [2.05, 4.69) is 15.9 Å². The second-order valence-electron chi connectivity index (χ2n) is 3.27. The number of rotatable bonds is 4. The molecule has 0 fully saturated rings. The van der Waals surface area contributed by atoms with Gasteiger partial charge >= 0.3 is 6.18 Å². The first-order valence-electron chi connectivity index (χ1n) is 4.61. The number of hydrogen-bond donors (Lipinski definition) is 0. The van der Waals surface area contributed by atoms with E-state index in [9.17, 15) is 18.0 Å². The Labute approximate surface area is 124 Å². The van der Waals surface area contributed by atoms with Crippen LogP contribution in [0, 0.1) is 0 Å². The van der Waals surface area contributed by atoms with Gasteiger partial charge in [0.25, 0.3) is 5.91 Å². The van der Waals surface area contributed by atoms with Gasteiger partial charge in [-0.3, -0.25) is 4.79 Å². The molecule has 0 atom stereocenters. The summed E-state index contributed by atoms with van der Waals surface area (Å²) in [6, 6.07) is 1.27. The molecule has 0 radical (unpaired) electrons. The summed E-state index contributed by atoms with van der Waals surface area (Å²) in [5.74, 6) is -0.778. The molecule has 9 heteroatoms. The molecule has 0 bridgehead atoms. The highest BCUT2D eigenvalue weighted by molar-refractivity contribution is 9.09. The molecule has 1 aromatic heterocycles. The number of thiophene rings is 1. The van der Waals surface area contributed by atoms with Crippen molar-refractivity contribution >= 4 is 56.4 Å². The normalized spacial score (nSPS) is 11.7. The van der Waals surface area contributed by atoms with Gasteiger partial charge in [0, 0.05) is 11.9 Å². The lowest BCUT2D eigenvalue weighted by Crippen LogP contribution is -2.40. The van der Waals surface area contributed by atoms with E-state index in [1.165, 1.54) is 6.07 Å². The van der Waals surface area contributed by atoms with Crippen LogP contribution in [0.4, 0.5) is 13.2 Å². The minimum absolute atomic E-state index is 0.00290. The lowest BCUT2D eigenvalue weighted by molar-refractivity contribution is -0.140. The van der Waals surface area contributed by atoms with E-state index in [-0.39, 0.29) is 26.1 Å². The summed E-state index contributed by atoms with van der Waals surface area (Å²) in [5.41, 5.74) is -0.00290. The molecule has 0 saturated heterocycles. The van der Waals surface area contributed by atoms with E-state index >= 15 is 0 Å². The first kappa shape index (κ1) is 16.1. The summed E-state index contributed by atoms with van der Waals surface area (Å²) in [4.78, 5) is 12.6. The molecular formula is C9H7BrCl2F3NOS. The summed E-state index contributed by atoms with van der Waals surface area (Å²) in [5, 5.41) is 0.240. The molecular weight excluding hydrogens is 378 g/mol. The third-order valence-corrected chi connectivity index (χ3v) is 3.74. The highest BCUT2D eigenvalue weighted by atomic mass is 79.9. The van der Waals surface area contributed by atoms with Gasteiger partial charge in [-0.1, -0.05) is 39.1 Å². The van der Waals surface area contributed by atoms with E-state index in [0.717, 1.165) is 11.3 Å². The molecule has 102 valence electrons. The molecule has 0 N–H and O–H groups in total. The van der Waals surface area contributed by atoms with E-state index in [4.69, 9.17) is 23.2 Å². The Morgan fingerprint density at radius 3 is 2.44 bits per heavy atom. The van der Waals surface area contributed by atoms with Crippen molar-refractivity contribution in [1.29, 1.82) is 0 Å². The Balaban J connectivity index is 2.92. The number of halogens is 6. The van der Waals surface area contributed by atoms with Crippen LogP contribution in [-0.4, -0.2) is 35.4 Å². The molecule has 0 aliphatic heterocycles. The maximum atomic E-state index is 12.3.